The van der Waals surface area contributed by atoms with E-state index in [0.29, 0.717) is 0 Å². The van der Waals surface area contributed by atoms with Gasteiger partial charge in [0, 0.05) is 0 Å². The Morgan fingerprint density at radius 3 is 2.74 bits per heavy atom. The van der Waals surface area contributed by atoms with Gasteiger partial charge in [-0.05, 0) is 25.0 Å². The van der Waals surface area contributed by atoms with E-state index < -0.39 is 11.7 Å². The van der Waals surface area contributed by atoms with Crippen LogP contribution in [0.2, 0.25) is 0 Å². The average molecular weight is 266 g/mol. The third-order valence-corrected chi connectivity index (χ3v) is 3.03. The van der Waals surface area contributed by atoms with Crippen LogP contribution in [0.4, 0.5) is 10.2 Å². The minimum Gasteiger partial charge on any atom is -0.455 e. The molecule has 1 heterocycles. The van der Waals surface area contributed by atoms with Crippen molar-refractivity contribution in [3.05, 3.63) is 24.1 Å². The summed E-state index contributed by atoms with van der Waals surface area (Å²) >= 11 is 0. The van der Waals surface area contributed by atoms with Crippen LogP contribution in [0, 0.1) is 11.7 Å². The minimum absolute atomic E-state index is 0.0725. The number of hydrogen-bond donors (Lipinski definition) is 1. The number of carbonyl (C=O) groups is 2. The Bertz CT molecular complexity index is 455. The van der Waals surface area contributed by atoms with Gasteiger partial charge in [-0.2, -0.15) is 0 Å². The van der Waals surface area contributed by atoms with Crippen molar-refractivity contribution < 1.29 is 18.7 Å². The molecule has 1 aromatic heterocycles. The number of aromatic nitrogens is 1. The van der Waals surface area contributed by atoms with Crippen LogP contribution in [-0.4, -0.2) is 23.5 Å². The predicted octanol–water partition coefficient (Wildman–Crippen LogP) is 1.89. The molecule has 1 fully saturated rings. The van der Waals surface area contributed by atoms with Gasteiger partial charge >= 0.3 is 5.97 Å². The highest BCUT2D eigenvalue weighted by Gasteiger charge is 2.24. The van der Waals surface area contributed by atoms with Crippen LogP contribution < -0.4 is 5.32 Å². The second kappa shape index (κ2) is 6.26. The van der Waals surface area contributed by atoms with Gasteiger partial charge in [-0.3, -0.25) is 9.59 Å². The summed E-state index contributed by atoms with van der Waals surface area (Å²) in [6.45, 7) is -0.339. The Morgan fingerprint density at radius 2 is 2.11 bits per heavy atom. The van der Waals surface area contributed by atoms with Gasteiger partial charge in [0.1, 0.15) is 11.6 Å². The summed E-state index contributed by atoms with van der Waals surface area (Å²) in [5.74, 6) is -1.13. The van der Waals surface area contributed by atoms with E-state index >= 15 is 0 Å². The summed E-state index contributed by atoms with van der Waals surface area (Å²) in [5.41, 5.74) is 0. The van der Waals surface area contributed by atoms with Crippen molar-refractivity contribution in [3.8, 4) is 0 Å². The van der Waals surface area contributed by atoms with Crippen molar-refractivity contribution in [3.63, 3.8) is 0 Å². The van der Waals surface area contributed by atoms with Crippen LogP contribution in [0.5, 0.6) is 0 Å². The van der Waals surface area contributed by atoms with E-state index in [1.807, 2.05) is 0 Å². The molecule has 1 aliphatic rings. The number of rotatable bonds is 4. The number of nitrogens with one attached hydrogen (secondary N) is 1. The number of ether oxygens (including phenoxy) is 1. The lowest BCUT2D eigenvalue weighted by molar-refractivity contribution is -0.151. The van der Waals surface area contributed by atoms with Crippen LogP contribution in [0.15, 0.2) is 18.3 Å². The van der Waals surface area contributed by atoms with Gasteiger partial charge in [-0.1, -0.05) is 12.8 Å². The smallest absolute Gasteiger partial charge is 0.309 e. The highest BCUT2D eigenvalue weighted by Crippen LogP contribution is 2.25. The molecule has 5 nitrogen and oxygen atoms in total. The molecule has 1 saturated carbocycles. The third-order valence-electron chi connectivity index (χ3n) is 3.03. The van der Waals surface area contributed by atoms with Crippen LogP contribution in [0.1, 0.15) is 25.7 Å². The summed E-state index contributed by atoms with van der Waals surface area (Å²) in [5, 5.41) is 2.42. The maximum absolute atomic E-state index is 12.6. The second-order valence-electron chi connectivity index (χ2n) is 4.50. The zero-order valence-electron chi connectivity index (χ0n) is 10.4. The number of amides is 1. The largest absolute Gasteiger partial charge is 0.455 e. The molecule has 1 N–H and O–H groups in total. The highest BCUT2D eigenvalue weighted by molar-refractivity contribution is 5.92. The lowest BCUT2D eigenvalue weighted by Gasteiger charge is -2.09. The van der Waals surface area contributed by atoms with Crippen LogP contribution >= 0.6 is 0 Å². The van der Waals surface area contributed by atoms with E-state index in [2.05, 4.69) is 10.3 Å². The predicted molar refractivity (Wildman–Crippen MR) is 65.7 cm³/mol. The standard InChI is InChI=1S/C13H15FN2O3/c14-10-5-6-11(15-7-10)16-12(17)8-19-13(18)9-3-1-2-4-9/h5-7,9H,1-4,8H2,(H,15,16,17). The lowest BCUT2D eigenvalue weighted by atomic mass is 10.1. The van der Waals surface area contributed by atoms with E-state index in [1.165, 1.54) is 12.1 Å². The molecule has 1 aromatic rings. The molecule has 0 bridgehead atoms. The van der Waals surface area contributed by atoms with Crippen molar-refractivity contribution >= 4 is 17.7 Å². The van der Waals surface area contributed by atoms with Crippen molar-refractivity contribution in [1.29, 1.82) is 0 Å². The first-order valence-corrected chi connectivity index (χ1v) is 6.23. The fourth-order valence-electron chi connectivity index (χ4n) is 2.04. The van der Waals surface area contributed by atoms with E-state index in [4.69, 9.17) is 4.74 Å². The molecule has 0 aliphatic heterocycles. The zero-order valence-corrected chi connectivity index (χ0v) is 10.4. The summed E-state index contributed by atoms with van der Waals surface area (Å²) < 4.78 is 17.5. The molecule has 1 amide bonds. The molecule has 102 valence electrons. The van der Waals surface area contributed by atoms with Crippen LogP contribution in [0.3, 0.4) is 0 Å². The Hall–Kier alpha value is -1.98. The molecule has 0 unspecified atom stereocenters. The highest BCUT2D eigenvalue weighted by atomic mass is 19.1. The molecule has 0 atom stereocenters. The second-order valence-corrected chi connectivity index (χ2v) is 4.50. The molecule has 2 rings (SSSR count). The summed E-state index contributed by atoms with van der Waals surface area (Å²) in [7, 11) is 0. The molecule has 0 spiro atoms. The first kappa shape index (κ1) is 13.5. The fourth-order valence-corrected chi connectivity index (χ4v) is 2.04. The Kier molecular flexibility index (Phi) is 4.43. The van der Waals surface area contributed by atoms with Crippen LogP contribution in [0.25, 0.3) is 0 Å². The minimum atomic E-state index is -0.481. The number of hydrogen-bond acceptors (Lipinski definition) is 4. The SMILES string of the molecule is O=C(COC(=O)C1CCCC1)Nc1ccc(F)cn1. The Morgan fingerprint density at radius 1 is 1.37 bits per heavy atom. The normalized spacial score (nSPS) is 15.2. The van der Waals surface area contributed by atoms with Crippen LogP contribution in [-0.2, 0) is 14.3 Å². The van der Waals surface area contributed by atoms with Crippen molar-refractivity contribution in [2.24, 2.45) is 5.92 Å². The van der Waals surface area contributed by atoms with E-state index in [1.54, 1.807) is 0 Å². The van der Waals surface area contributed by atoms with Gasteiger partial charge in [-0.15, -0.1) is 0 Å². The molecule has 0 radical (unpaired) electrons. The first-order valence-electron chi connectivity index (χ1n) is 6.23. The summed E-state index contributed by atoms with van der Waals surface area (Å²) in [4.78, 5) is 26.7. The van der Waals surface area contributed by atoms with Gasteiger partial charge in [0.25, 0.3) is 5.91 Å². The molecule has 19 heavy (non-hydrogen) atoms. The number of pyridine rings is 1. The number of carbonyl (C=O) groups excluding carboxylic acids is 2. The molecule has 0 aromatic carbocycles. The van der Waals surface area contributed by atoms with Crippen molar-refractivity contribution in [2.45, 2.75) is 25.7 Å². The maximum atomic E-state index is 12.6. The quantitative estimate of drug-likeness (QED) is 0.845. The number of esters is 1. The summed E-state index contributed by atoms with van der Waals surface area (Å²) in [6, 6.07) is 2.53. The average Bonchev–Trinajstić information content (AvgIpc) is 2.93. The van der Waals surface area contributed by atoms with Gasteiger partial charge in [0.15, 0.2) is 6.61 Å². The number of nitrogens with zero attached hydrogens (tertiary/aromatic N) is 1. The summed E-state index contributed by atoms with van der Waals surface area (Å²) in [6.07, 6.45) is 4.73. The monoisotopic (exact) mass is 266 g/mol. The molecule has 1 aliphatic carbocycles. The van der Waals surface area contributed by atoms with Gasteiger partial charge in [0.2, 0.25) is 0 Å². The molecule has 0 saturated heterocycles. The van der Waals surface area contributed by atoms with Gasteiger partial charge < -0.3 is 10.1 Å². The zero-order chi connectivity index (χ0) is 13.7. The Balaban J connectivity index is 1.75. The third kappa shape index (κ3) is 4.01. The van der Waals surface area contributed by atoms with E-state index in [-0.39, 0.29) is 24.3 Å². The first-order chi connectivity index (χ1) is 9.15. The lowest BCUT2D eigenvalue weighted by Crippen LogP contribution is -2.24. The van der Waals surface area contributed by atoms with Crippen molar-refractivity contribution in [1.82, 2.24) is 4.98 Å². The van der Waals surface area contributed by atoms with Gasteiger partial charge in [-0.25, -0.2) is 9.37 Å². The molecular weight excluding hydrogens is 251 g/mol. The topological polar surface area (TPSA) is 68.3 Å². The van der Waals surface area contributed by atoms with E-state index in [9.17, 15) is 14.0 Å². The maximum Gasteiger partial charge on any atom is 0.309 e. The van der Waals surface area contributed by atoms with E-state index in [0.717, 1.165) is 31.9 Å². The molecular formula is C13H15FN2O3. The number of anilines is 1. The number of halogens is 1. The fraction of sp³-hybridized carbons (Fsp3) is 0.462. The van der Waals surface area contributed by atoms with Crippen molar-refractivity contribution in [2.75, 3.05) is 11.9 Å². The Labute approximate surface area is 110 Å². The van der Waals surface area contributed by atoms with Gasteiger partial charge in [0.05, 0.1) is 12.1 Å². The molecule has 6 heteroatoms.